The molecular formula is C20H30F2N4O3. The molecule has 1 fully saturated rings. The van der Waals surface area contributed by atoms with Crippen LogP contribution in [0.2, 0.25) is 0 Å². The van der Waals surface area contributed by atoms with Crippen molar-refractivity contribution in [2.24, 2.45) is 4.99 Å². The first-order chi connectivity index (χ1) is 13.7. The van der Waals surface area contributed by atoms with Crippen LogP contribution in [0.15, 0.2) is 29.3 Å². The number of benzene rings is 1. The van der Waals surface area contributed by atoms with Gasteiger partial charge >= 0.3 is 12.7 Å². The third kappa shape index (κ3) is 8.13. The Labute approximate surface area is 170 Å². The predicted molar refractivity (Wildman–Crippen MR) is 107 cm³/mol. The number of hydrogen-bond acceptors (Lipinski definition) is 4. The van der Waals surface area contributed by atoms with E-state index in [1.807, 2.05) is 33.8 Å². The highest BCUT2D eigenvalue weighted by Crippen LogP contribution is 2.17. The molecular weight excluding hydrogens is 382 g/mol. The van der Waals surface area contributed by atoms with E-state index in [1.54, 1.807) is 12.1 Å². The Kier molecular flexibility index (Phi) is 8.04. The van der Waals surface area contributed by atoms with Crippen LogP contribution >= 0.6 is 0 Å². The molecule has 29 heavy (non-hydrogen) atoms. The molecule has 1 unspecified atom stereocenters. The molecule has 0 aliphatic carbocycles. The maximum atomic E-state index is 12.4. The molecule has 0 radical (unpaired) electrons. The summed E-state index contributed by atoms with van der Waals surface area (Å²) in [7, 11) is 0. The third-order valence-electron chi connectivity index (χ3n) is 4.08. The van der Waals surface area contributed by atoms with Gasteiger partial charge in [0.1, 0.15) is 11.4 Å². The van der Waals surface area contributed by atoms with Crippen molar-refractivity contribution in [1.29, 1.82) is 0 Å². The molecule has 1 atom stereocenters. The number of guanidine groups is 1. The summed E-state index contributed by atoms with van der Waals surface area (Å²) >= 11 is 0. The minimum Gasteiger partial charge on any atom is -0.444 e. The number of halogens is 2. The zero-order valence-corrected chi connectivity index (χ0v) is 17.4. The van der Waals surface area contributed by atoms with Crippen molar-refractivity contribution in [1.82, 2.24) is 15.5 Å². The highest BCUT2D eigenvalue weighted by molar-refractivity contribution is 5.80. The highest BCUT2D eigenvalue weighted by atomic mass is 19.3. The quantitative estimate of drug-likeness (QED) is 0.554. The van der Waals surface area contributed by atoms with Gasteiger partial charge in [-0.1, -0.05) is 12.1 Å². The number of alkyl halides is 2. The monoisotopic (exact) mass is 412 g/mol. The molecule has 1 heterocycles. The number of likely N-dealkylation sites (tertiary alicyclic amines) is 1. The van der Waals surface area contributed by atoms with Gasteiger partial charge in [0.2, 0.25) is 0 Å². The lowest BCUT2D eigenvalue weighted by molar-refractivity contribution is -0.0498. The molecule has 2 N–H and O–H groups in total. The van der Waals surface area contributed by atoms with Crippen LogP contribution in [-0.4, -0.2) is 54.8 Å². The van der Waals surface area contributed by atoms with Crippen molar-refractivity contribution in [2.75, 3.05) is 19.6 Å². The molecule has 0 aromatic heterocycles. The van der Waals surface area contributed by atoms with Crippen LogP contribution in [0.25, 0.3) is 0 Å². The summed E-state index contributed by atoms with van der Waals surface area (Å²) in [6, 6.07) is 6.47. The maximum absolute atomic E-state index is 12.4. The van der Waals surface area contributed by atoms with Gasteiger partial charge in [-0.05, 0) is 51.8 Å². The fourth-order valence-corrected chi connectivity index (χ4v) is 2.96. The Morgan fingerprint density at radius 1 is 1.38 bits per heavy atom. The fourth-order valence-electron chi connectivity index (χ4n) is 2.96. The normalized spacial score (nSPS) is 17.4. The second kappa shape index (κ2) is 10.3. The summed E-state index contributed by atoms with van der Waals surface area (Å²) in [5.41, 5.74) is 0.225. The number of rotatable bonds is 6. The van der Waals surface area contributed by atoms with Gasteiger partial charge in [0.15, 0.2) is 5.96 Å². The summed E-state index contributed by atoms with van der Waals surface area (Å²) < 4.78 is 34.5. The SMILES string of the molecule is CCNC(=NCc1cccc(OC(F)F)c1)N1CCC(NC(=O)OC(C)(C)C)C1. The van der Waals surface area contributed by atoms with Gasteiger partial charge < -0.3 is 25.0 Å². The molecule has 162 valence electrons. The lowest BCUT2D eigenvalue weighted by Crippen LogP contribution is -2.44. The molecule has 0 saturated carbocycles. The average molecular weight is 412 g/mol. The number of hydrogen-bond donors (Lipinski definition) is 2. The van der Waals surface area contributed by atoms with Crippen LogP contribution in [0.3, 0.4) is 0 Å². The Balaban J connectivity index is 1.96. The van der Waals surface area contributed by atoms with E-state index in [0.29, 0.717) is 25.6 Å². The minimum atomic E-state index is -2.86. The van der Waals surface area contributed by atoms with Crippen molar-refractivity contribution in [3.63, 3.8) is 0 Å². The van der Waals surface area contributed by atoms with E-state index < -0.39 is 18.3 Å². The highest BCUT2D eigenvalue weighted by Gasteiger charge is 2.27. The standard InChI is InChI=1S/C20H30F2N4O3/c1-5-23-18(24-12-14-7-6-8-16(11-14)28-17(21)22)26-10-9-15(13-26)25-19(27)29-20(2,3)4/h6-8,11,15,17H,5,9-10,12-13H2,1-4H3,(H,23,24)(H,25,27). The summed E-state index contributed by atoms with van der Waals surface area (Å²) in [4.78, 5) is 18.6. The summed E-state index contributed by atoms with van der Waals surface area (Å²) in [6.45, 7) is 6.95. The first-order valence-electron chi connectivity index (χ1n) is 9.73. The maximum Gasteiger partial charge on any atom is 0.407 e. The Hall–Kier alpha value is -2.58. The minimum absolute atomic E-state index is 0.0310. The number of aliphatic imine (C=N–C) groups is 1. The molecule has 0 spiro atoms. The number of nitrogens with zero attached hydrogens (tertiary/aromatic N) is 2. The topological polar surface area (TPSA) is 75.2 Å². The molecule has 9 heteroatoms. The van der Waals surface area contributed by atoms with Gasteiger partial charge in [-0.2, -0.15) is 8.78 Å². The first kappa shape index (κ1) is 22.7. The van der Waals surface area contributed by atoms with Gasteiger partial charge in [-0.25, -0.2) is 9.79 Å². The molecule has 1 aromatic carbocycles. The summed E-state index contributed by atoms with van der Waals surface area (Å²) in [5.74, 6) is 0.821. The largest absolute Gasteiger partial charge is 0.444 e. The van der Waals surface area contributed by atoms with Crippen molar-refractivity contribution in [3.8, 4) is 5.75 Å². The number of amides is 1. The molecule has 1 aliphatic heterocycles. The van der Waals surface area contributed by atoms with Gasteiger partial charge in [0, 0.05) is 19.6 Å². The summed E-state index contributed by atoms with van der Waals surface area (Å²) in [6.07, 6.45) is 0.351. The van der Waals surface area contributed by atoms with Crippen LogP contribution in [0, 0.1) is 0 Å². The van der Waals surface area contributed by atoms with Gasteiger partial charge in [0.25, 0.3) is 0 Å². The van der Waals surface area contributed by atoms with Crippen LogP contribution < -0.4 is 15.4 Å². The zero-order valence-electron chi connectivity index (χ0n) is 17.4. The lowest BCUT2D eigenvalue weighted by atomic mass is 10.2. The Morgan fingerprint density at radius 2 is 2.14 bits per heavy atom. The van der Waals surface area contributed by atoms with E-state index in [-0.39, 0.29) is 11.8 Å². The van der Waals surface area contributed by atoms with Crippen molar-refractivity contribution in [3.05, 3.63) is 29.8 Å². The van der Waals surface area contributed by atoms with E-state index >= 15 is 0 Å². The zero-order chi connectivity index (χ0) is 21.4. The number of ether oxygens (including phenoxy) is 2. The van der Waals surface area contributed by atoms with Gasteiger partial charge in [-0.3, -0.25) is 0 Å². The molecule has 1 aliphatic rings. The molecule has 1 aromatic rings. The second-order valence-corrected chi connectivity index (χ2v) is 7.77. The fraction of sp³-hybridized carbons (Fsp3) is 0.600. The lowest BCUT2D eigenvalue weighted by Gasteiger charge is -2.23. The van der Waals surface area contributed by atoms with Crippen LogP contribution in [0.4, 0.5) is 13.6 Å². The van der Waals surface area contributed by atoms with Crippen molar-refractivity contribution in [2.45, 2.75) is 58.9 Å². The number of carbonyl (C=O) groups is 1. The molecule has 7 nitrogen and oxygen atoms in total. The van der Waals surface area contributed by atoms with E-state index in [4.69, 9.17) is 4.74 Å². The number of carbonyl (C=O) groups excluding carboxylic acids is 1. The average Bonchev–Trinajstić information content (AvgIpc) is 3.04. The predicted octanol–water partition coefficient (Wildman–Crippen LogP) is 3.35. The van der Waals surface area contributed by atoms with Crippen LogP contribution in [-0.2, 0) is 11.3 Å². The number of alkyl carbamates (subject to hydrolysis) is 1. The Bertz CT molecular complexity index is 707. The second-order valence-electron chi connectivity index (χ2n) is 7.77. The Morgan fingerprint density at radius 3 is 2.79 bits per heavy atom. The van der Waals surface area contributed by atoms with E-state index in [0.717, 1.165) is 18.5 Å². The molecule has 2 rings (SSSR count). The van der Waals surface area contributed by atoms with Crippen molar-refractivity contribution < 1.29 is 23.0 Å². The summed E-state index contributed by atoms with van der Waals surface area (Å²) in [5, 5.41) is 6.12. The molecule has 1 amide bonds. The van der Waals surface area contributed by atoms with E-state index in [2.05, 4.69) is 25.3 Å². The van der Waals surface area contributed by atoms with E-state index in [9.17, 15) is 13.6 Å². The van der Waals surface area contributed by atoms with Crippen LogP contribution in [0.5, 0.6) is 5.75 Å². The van der Waals surface area contributed by atoms with Gasteiger partial charge in [0.05, 0.1) is 12.6 Å². The first-order valence-corrected chi connectivity index (χ1v) is 9.73. The smallest absolute Gasteiger partial charge is 0.407 e. The third-order valence-corrected chi connectivity index (χ3v) is 4.08. The molecule has 0 bridgehead atoms. The molecule has 1 saturated heterocycles. The van der Waals surface area contributed by atoms with E-state index in [1.165, 1.54) is 6.07 Å². The van der Waals surface area contributed by atoms with Crippen LogP contribution in [0.1, 0.15) is 39.7 Å². The number of nitrogens with one attached hydrogen (secondary N) is 2. The van der Waals surface area contributed by atoms with Gasteiger partial charge in [-0.15, -0.1) is 0 Å². The van der Waals surface area contributed by atoms with Crippen molar-refractivity contribution >= 4 is 12.1 Å².